The third-order valence-corrected chi connectivity index (χ3v) is 10.6. The monoisotopic (exact) mass is 618 g/mol. The number of hydrogen-bond acceptors (Lipinski definition) is 10. The Morgan fingerprint density at radius 3 is 1.55 bits per heavy atom. The van der Waals surface area contributed by atoms with Crippen LogP contribution in [0.15, 0.2) is 46.7 Å². The van der Waals surface area contributed by atoms with Crippen LogP contribution in [0.3, 0.4) is 0 Å². The smallest absolute Gasteiger partial charge is 0.260 e. The molecule has 2 atom stereocenters. The lowest BCUT2D eigenvalue weighted by Crippen LogP contribution is -2.37. The van der Waals surface area contributed by atoms with Gasteiger partial charge in [-0.1, -0.05) is 0 Å². The van der Waals surface area contributed by atoms with Gasteiger partial charge in [-0.05, 0) is 37.1 Å². The zero-order chi connectivity index (χ0) is 30.1. The van der Waals surface area contributed by atoms with Crippen molar-refractivity contribution < 1.29 is 26.4 Å². The van der Waals surface area contributed by atoms with Gasteiger partial charge in [0.1, 0.15) is 0 Å². The molecule has 2 aliphatic heterocycles. The quantitative estimate of drug-likeness (QED) is 0.221. The first-order chi connectivity index (χ1) is 20.0. The predicted octanol–water partition coefficient (Wildman–Crippen LogP) is -0.286. The van der Waals surface area contributed by atoms with Crippen LogP contribution in [0.2, 0.25) is 0 Å². The molecule has 4 N–H and O–H groups in total. The van der Waals surface area contributed by atoms with Crippen molar-refractivity contribution >= 4 is 53.9 Å². The lowest BCUT2D eigenvalue weighted by Gasteiger charge is -2.15. The van der Waals surface area contributed by atoms with Gasteiger partial charge < -0.3 is 10.6 Å². The van der Waals surface area contributed by atoms with Crippen LogP contribution in [0.1, 0.15) is 26.7 Å². The Morgan fingerprint density at radius 1 is 0.762 bits per heavy atom. The Kier molecular flexibility index (Phi) is 8.22. The van der Waals surface area contributed by atoms with E-state index in [9.17, 15) is 26.4 Å². The van der Waals surface area contributed by atoms with Crippen LogP contribution in [0.25, 0.3) is 22.1 Å². The highest BCUT2D eigenvalue weighted by atomic mass is 32.2. The summed E-state index contributed by atoms with van der Waals surface area (Å²) in [5.41, 5.74) is 0.738. The minimum Gasteiger partial charge on any atom is -0.352 e. The minimum atomic E-state index is -3.67. The SMILES string of the molecule is CC(=O)N[C@@H]1CCN(S(=O)(=O)c2[nH]nc3ncccc23)C1.CC(=O)N[C@H]1CCN(S(=O)(=O)c2[nH]nc3ncccc23)C1. The summed E-state index contributed by atoms with van der Waals surface area (Å²) in [5, 5.41) is 19.5. The van der Waals surface area contributed by atoms with Crippen molar-refractivity contribution in [2.75, 3.05) is 26.2 Å². The van der Waals surface area contributed by atoms with E-state index in [0.29, 0.717) is 48.0 Å². The summed E-state index contributed by atoms with van der Waals surface area (Å²) in [6.07, 6.45) is 4.32. The van der Waals surface area contributed by atoms with Gasteiger partial charge in [-0.15, -0.1) is 0 Å². The molecule has 16 nitrogen and oxygen atoms in total. The van der Waals surface area contributed by atoms with Crippen molar-refractivity contribution in [1.29, 1.82) is 0 Å². The Bertz CT molecular complexity index is 1700. The number of carbonyl (C=O) groups excluding carboxylic acids is 2. The van der Waals surface area contributed by atoms with E-state index in [4.69, 9.17) is 0 Å². The number of sulfonamides is 2. The molecule has 4 aromatic heterocycles. The zero-order valence-corrected chi connectivity index (χ0v) is 24.4. The van der Waals surface area contributed by atoms with Crippen molar-refractivity contribution in [1.82, 2.24) is 49.6 Å². The number of fused-ring (bicyclic) bond motifs is 2. The van der Waals surface area contributed by atoms with E-state index in [1.165, 1.54) is 22.5 Å². The van der Waals surface area contributed by atoms with Crippen molar-refractivity contribution in [2.24, 2.45) is 0 Å². The highest BCUT2D eigenvalue weighted by Crippen LogP contribution is 2.26. The minimum absolute atomic E-state index is 0.0501. The maximum absolute atomic E-state index is 12.7. The second-order valence-corrected chi connectivity index (χ2v) is 13.7. The van der Waals surface area contributed by atoms with Gasteiger partial charge >= 0.3 is 0 Å². The molecule has 224 valence electrons. The fraction of sp³-hybridized carbons (Fsp3) is 0.417. The average Bonchev–Trinajstić information content (AvgIpc) is 3.74. The number of aromatic amines is 2. The third-order valence-electron chi connectivity index (χ3n) is 6.90. The van der Waals surface area contributed by atoms with Crippen LogP contribution in [-0.2, 0) is 29.6 Å². The number of aromatic nitrogens is 6. The fourth-order valence-corrected chi connectivity index (χ4v) is 8.17. The molecular formula is C24H30N10O6S2. The maximum atomic E-state index is 12.7. The van der Waals surface area contributed by atoms with E-state index in [1.54, 1.807) is 36.7 Å². The van der Waals surface area contributed by atoms with E-state index in [1.807, 2.05) is 0 Å². The summed E-state index contributed by atoms with van der Waals surface area (Å²) in [6, 6.07) is 6.37. The Labute approximate surface area is 241 Å². The van der Waals surface area contributed by atoms with E-state index >= 15 is 0 Å². The first-order valence-corrected chi connectivity index (χ1v) is 16.0. The number of H-pyrrole nitrogens is 2. The Morgan fingerprint density at radius 2 is 1.17 bits per heavy atom. The molecule has 2 fully saturated rings. The predicted molar refractivity (Wildman–Crippen MR) is 150 cm³/mol. The molecule has 18 heteroatoms. The second kappa shape index (κ2) is 11.7. The molecule has 0 unspecified atom stereocenters. The van der Waals surface area contributed by atoms with Crippen LogP contribution in [0, 0.1) is 0 Å². The molecule has 0 aromatic carbocycles. The Balaban J connectivity index is 0.000000168. The van der Waals surface area contributed by atoms with Crippen molar-refractivity contribution in [3.8, 4) is 0 Å². The van der Waals surface area contributed by atoms with Gasteiger partial charge in [0.2, 0.25) is 11.8 Å². The first kappa shape index (κ1) is 29.5. The molecule has 0 aliphatic carbocycles. The summed E-state index contributed by atoms with van der Waals surface area (Å²) >= 11 is 0. The molecule has 42 heavy (non-hydrogen) atoms. The molecular weight excluding hydrogens is 588 g/mol. The van der Waals surface area contributed by atoms with Crippen LogP contribution < -0.4 is 10.6 Å². The van der Waals surface area contributed by atoms with Gasteiger partial charge in [0.25, 0.3) is 20.0 Å². The molecule has 6 heterocycles. The second-order valence-electron chi connectivity index (χ2n) is 9.95. The van der Waals surface area contributed by atoms with Gasteiger partial charge in [0.15, 0.2) is 21.3 Å². The molecule has 0 bridgehead atoms. The largest absolute Gasteiger partial charge is 0.352 e. The van der Waals surface area contributed by atoms with Crippen LogP contribution in [0.5, 0.6) is 0 Å². The van der Waals surface area contributed by atoms with Gasteiger partial charge in [-0.2, -0.15) is 18.8 Å². The molecule has 0 radical (unpaired) electrons. The van der Waals surface area contributed by atoms with Crippen molar-refractivity contribution in [2.45, 2.75) is 48.8 Å². The number of rotatable bonds is 6. The lowest BCUT2D eigenvalue weighted by molar-refractivity contribution is -0.120. The number of amides is 2. The fourth-order valence-electron chi connectivity index (χ4n) is 5.01. The van der Waals surface area contributed by atoms with Crippen LogP contribution in [0.4, 0.5) is 0 Å². The van der Waals surface area contributed by atoms with Gasteiger partial charge in [0, 0.05) is 64.5 Å². The van der Waals surface area contributed by atoms with Crippen LogP contribution >= 0.6 is 0 Å². The number of nitrogens with zero attached hydrogens (tertiary/aromatic N) is 6. The summed E-state index contributed by atoms with van der Waals surface area (Å²) < 4.78 is 53.3. The zero-order valence-electron chi connectivity index (χ0n) is 22.8. The highest BCUT2D eigenvalue weighted by molar-refractivity contribution is 7.89. The van der Waals surface area contributed by atoms with Gasteiger partial charge in [-0.3, -0.25) is 19.8 Å². The molecule has 0 saturated carbocycles. The summed E-state index contributed by atoms with van der Waals surface area (Å²) in [5.74, 6) is -0.314. The normalized spacial score (nSPS) is 20.0. The van der Waals surface area contributed by atoms with E-state index < -0.39 is 20.0 Å². The average molecular weight is 619 g/mol. The topological polar surface area (TPSA) is 216 Å². The number of hydrogen-bond donors (Lipinski definition) is 4. The van der Waals surface area contributed by atoms with Crippen molar-refractivity contribution in [3.63, 3.8) is 0 Å². The summed E-state index contributed by atoms with van der Waals surface area (Å²) in [6.45, 7) is 4.12. The van der Waals surface area contributed by atoms with E-state index in [-0.39, 0.29) is 47.0 Å². The molecule has 2 aliphatic rings. The molecule has 2 saturated heterocycles. The third kappa shape index (κ3) is 5.96. The molecule has 6 rings (SSSR count). The highest BCUT2D eigenvalue weighted by Gasteiger charge is 2.36. The molecule has 2 amide bonds. The number of nitrogens with one attached hydrogen (secondary N) is 4. The maximum Gasteiger partial charge on any atom is 0.260 e. The van der Waals surface area contributed by atoms with E-state index in [0.717, 1.165) is 0 Å². The molecule has 0 spiro atoms. The molecule has 4 aromatic rings. The Hall–Kier alpha value is -4.00. The summed E-state index contributed by atoms with van der Waals surface area (Å²) in [4.78, 5) is 30.1. The summed E-state index contributed by atoms with van der Waals surface area (Å²) in [7, 11) is -7.33. The van der Waals surface area contributed by atoms with Crippen molar-refractivity contribution in [3.05, 3.63) is 36.7 Å². The first-order valence-electron chi connectivity index (χ1n) is 13.1. The standard InChI is InChI=1S/2C12H15N5O3S/c2*1-8(18)14-9-4-6-17(7-9)21(19,20)12-10-3-2-5-13-11(10)15-16-12/h2*2-3,5,9H,4,6-7H2,1H3,(H,14,18)(H,13,15,16)/t2*9-/m10/s1. The van der Waals surface area contributed by atoms with E-state index in [2.05, 4.69) is 41.0 Å². The lowest BCUT2D eigenvalue weighted by atomic mass is 10.3. The number of pyridine rings is 2. The van der Waals surface area contributed by atoms with Crippen LogP contribution in [-0.4, -0.2) is 106 Å². The van der Waals surface area contributed by atoms with Gasteiger partial charge in [-0.25, -0.2) is 26.8 Å². The number of carbonyl (C=O) groups is 2. The van der Waals surface area contributed by atoms with Gasteiger partial charge in [0.05, 0.1) is 10.8 Å².